The summed E-state index contributed by atoms with van der Waals surface area (Å²) in [6.45, 7) is 5.18. The highest BCUT2D eigenvalue weighted by Crippen LogP contribution is 2.22. The fourth-order valence-corrected chi connectivity index (χ4v) is 1.45. The van der Waals surface area contributed by atoms with Gasteiger partial charge in [-0.15, -0.1) is 5.06 Å². The molecule has 0 radical (unpaired) electrons. The maximum Gasteiger partial charge on any atom is 0.168 e. The van der Waals surface area contributed by atoms with Gasteiger partial charge in [-0.05, 0) is 26.0 Å². The van der Waals surface area contributed by atoms with Gasteiger partial charge in [0.15, 0.2) is 5.75 Å². The van der Waals surface area contributed by atoms with Crippen LogP contribution in [0.5, 0.6) is 5.75 Å². The molecule has 0 bridgehead atoms. The molecule has 0 atom stereocenters. The Balaban J connectivity index is 2.20. The van der Waals surface area contributed by atoms with E-state index >= 15 is 0 Å². The molecule has 70 valence electrons. The largest absolute Gasteiger partial charge is 0.404 e. The first kappa shape index (κ1) is 8.51. The van der Waals surface area contributed by atoms with E-state index in [1.807, 2.05) is 23.4 Å². The average Bonchev–Trinajstić information content (AvgIpc) is 2.17. The molecule has 1 aromatic rings. The van der Waals surface area contributed by atoms with Gasteiger partial charge in [-0.3, -0.25) is 4.98 Å². The summed E-state index contributed by atoms with van der Waals surface area (Å²) in [5.74, 6) is 0.905. The predicted octanol–water partition coefficient (Wildman–Crippen LogP) is 1.64. The molecule has 13 heavy (non-hydrogen) atoms. The summed E-state index contributed by atoms with van der Waals surface area (Å²) in [5.41, 5.74) is 1.07. The van der Waals surface area contributed by atoms with Crippen molar-refractivity contribution in [3.63, 3.8) is 0 Å². The molecule has 0 amide bonds. The van der Waals surface area contributed by atoms with E-state index in [0.717, 1.165) is 24.4 Å². The van der Waals surface area contributed by atoms with Crippen LogP contribution in [0.4, 0.5) is 0 Å². The summed E-state index contributed by atoms with van der Waals surface area (Å²) in [5, 5.41) is 1.99. The SMILES string of the molecule is CC(C)N1CCc2ncccc2O1. The fraction of sp³-hybridized carbons (Fsp3) is 0.500. The lowest BCUT2D eigenvalue weighted by Gasteiger charge is -2.30. The first-order valence-electron chi connectivity index (χ1n) is 4.66. The Morgan fingerprint density at radius 1 is 1.54 bits per heavy atom. The van der Waals surface area contributed by atoms with E-state index in [-0.39, 0.29) is 0 Å². The average molecular weight is 178 g/mol. The van der Waals surface area contributed by atoms with Crippen LogP contribution in [0, 0.1) is 0 Å². The van der Waals surface area contributed by atoms with Crippen LogP contribution >= 0.6 is 0 Å². The second-order valence-electron chi connectivity index (χ2n) is 3.52. The molecule has 1 aliphatic rings. The molecular weight excluding hydrogens is 164 g/mol. The van der Waals surface area contributed by atoms with E-state index in [0.29, 0.717) is 6.04 Å². The third-order valence-corrected chi connectivity index (χ3v) is 2.21. The van der Waals surface area contributed by atoms with Gasteiger partial charge in [-0.2, -0.15) is 0 Å². The standard InChI is InChI=1S/C10H14N2O/c1-8(2)12-7-5-9-10(13-12)4-3-6-11-9/h3-4,6,8H,5,7H2,1-2H3. The van der Waals surface area contributed by atoms with E-state index < -0.39 is 0 Å². The highest BCUT2D eigenvalue weighted by atomic mass is 16.7. The van der Waals surface area contributed by atoms with Crippen LogP contribution in [-0.4, -0.2) is 22.6 Å². The topological polar surface area (TPSA) is 25.4 Å². The molecule has 0 aromatic carbocycles. The highest BCUT2D eigenvalue weighted by Gasteiger charge is 2.19. The number of aromatic nitrogens is 1. The summed E-state index contributed by atoms with van der Waals surface area (Å²) in [6, 6.07) is 4.30. The molecule has 0 aliphatic carbocycles. The number of hydroxylamine groups is 2. The molecular formula is C10H14N2O. The van der Waals surface area contributed by atoms with Crippen molar-refractivity contribution >= 4 is 0 Å². The van der Waals surface area contributed by atoms with Crippen LogP contribution in [0.15, 0.2) is 18.3 Å². The fourth-order valence-electron chi connectivity index (χ4n) is 1.45. The Morgan fingerprint density at radius 2 is 2.38 bits per heavy atom. The van der Waals surface area contributed by atoms with Crippen molar-refractivity contribution in [1.29, 1.82) is 0 Å². The van der Waals surface area contributed by atoms with Crippen molar-refractivity contribution < 1.29 is 4.84 Å². The van der Waals surface area contributed by atoms with Gasteiger partial charge in [-0.25, -0.2) is 0 Å². The third-order valence-electron chi connectivity index (χ3n) is 2.21. The first-order valence-corrected chi connectivity index (χ1v) is 4.66. The lowest BCUT2D eigenvalue weighted by molar-refractivity contribution is -0.0951. The summed E-state index contributed by atoms with van der Waals surface area (Å²) >= 11 is 0. The van der Waals surface area contributed by atoms with Crippen LogP contribution < -0.4 is 4.84 Å². The molecule has 0 fully saturated rings. The van der Waals surface area contributed by atoms with Crippen molar-refractivity contribution in [2.75, 3.05) is 6.54 Å². The first-order chi connectivity index (χ1) is 6.27. The Labute approximate surface area is 78.3 Å². The third kappa shape index (κ3) is 1.65. The zero-order chi connectivity index (χ0) is 9.26. The van der Waals surface area contributed by atoms with Gasteiger partial charge in [0.25, 0.3) is 0 Å². The summed E-state index contributed by atoms with van der Waals surface area (Å²) in [6.07, 6.45) is 2.79. The number of hydrogen-bond donors (Lipinski definition) is 0. The van der Waals surface area contributed by atoms with Crippen molar-refractivity contribution in [2.24, 2.45) is 0 Å². The number of nitrogens with zero attached hydrogens (tertiary/aromatic N) is 2. The highest BCUT2D eigenvalue weighted by molar-refractivity contribution is 5.28. The molecule has 0 saturated heterocycles. The Morgan fingerprint density at radius 3 is 3.15 bits per heavy atom. The van der Waals surface area contributed by atoms with Crippen molar-refractivity contribution in [1.82, 2.24) is 10.0 Å². The molecule has 3 nitrogen and oxygen atoms in total. The summed E-state index contributed by atoms with van der Waals surface area (Å²) in [4.78, 5) is 9.93. The van der Waals surface area contributed by atoms with Gasteiger partial charge in [0, 0.05) is 25.2 Å². The van der Waals surface area contributed by atoms with Gasteiger partial charge >= 0.3 is 0 Å². The van der Waals surface area contributed by atoms with Crippen LogP contribution in [0.25, 0.3) is 0 Å². The molecule has 2 rings (SSSR count). The summed E-state index contributed by atoms with van der Waals surface area (Å²) < 4.78 is 0. The molecule has 1 aromatic heterocycles. The zero-order valence-electron chi connectivity index (χ0n) is 8.03. The van der Waals surface area contributed by atoms with Gasteiger partial charge in [0.05, 0.1) is 5.69 Å². The van der Waals surface area contributed by atoms with Crippen LogP contribution in [0.3, 0.4) is 0 Å². The minimum atomic E-state index is 0.424. The Kier molecular flexibility index (Phi) is 2.19. The van der Waals surface area contributed by atoms with Crippen molar-refractivity contribution in [3.05, 3.63) is 24.0 Å². The van der Waals surface area contributed by atoms with E-state index in [1.165, 1.54) is 0 Å². The van der Waals surface area contributed by atoms with Crippen LogP contribution in [0.2, 0.25) is 0 Å². The lowest BCUT2D eigenvalue weighted by Crippen LogP contribution is -2.39. The zero-order valence-corrected chi connectivity index (χ0v) is 8.03. The minimum absolute atomic E-state index is 0.424. The molecule has 2 heterocycles. The minimum Gasteiger partial charge on any atom is -0.404 e. The molecule has 0 saturated carbocycles. The van der Waals surface area contributed by atoms with E-state index in [1.54, 1.807) is 0 Å². The van der Waals surface area contributed by atoms with Gasteiger partial charge < -0.3 is 4.84 Å². The predicted molar refractivity (Wildman–Crippen MR) is 50.4 cm³/mol. The molecule has 0 spiro atoms. The van der Waals surface area contributed by atoms with Gasteiger partial charge in [0.2, 0.25) is 0 Å². The second-order valence-corrected chi connectivity index (χ2v) is 3.52. The van der Waals surface area contributed by atoms with Gasteiger partial charge in [0.1, 0.15) is 0 Å². The Hall–Kier alpha value is -1.09. The normalized spacial score (nSPS) is 16.8. The number of rotatable bonds is 1. The molecule has 1 aliphatic heterocycles. The monoisotopic (exact) mass is 178 g/mol. The van der Waals surface area contributed by atoms with Crippen molar-refractivity contribution in [2.45, 2.75) is 26.3 Å². The molecule has 3 heteroatoms. The Bertz CT molecular complexity index is 299. The van der Waals surface area contributed by atoms with Crippen LogP contribution in [-0.2, 0) is 6.42 Å². The van der Waals surface area contributed by atoms with Crippen LogP contribution in [0.1, 0.15) is 19.5 Å². The van der Waals surface area contributed by atoms with Crippen molar-refractivity contribution in [3.8, 4) is 5.75 Å². The summed E-state index contributed by atoms with van der Waals surface area (Å²) in [7, 11) is 0. The van der Waals surface area contributed by atoms with E-state index in [9.17, 15) is 0 Å². The second kappa shape index (κ2) is 3.34. The molecule has 0 N–H and O–H groups in total. The van der Waals surface area contributed by atoms with E-state index in [2.05, 4.69) is 18.8 Å². The maximum atomic E-state index is 5.66. The van der Waals surface area contributed by atoms with E-state index in [4.69, 9.17) is 4.84 Å². The smallest absolute Gasteiger partial charge is 0.168 e. The molecule has 0 unspecified atom stereocenters. The number of hydrogen-bond acceptors (Lipinski definition) is 3. The lowest BCUT2D eigenvalue weighted by atomic mass is 10.2. The van der Waals surface area contributed by atoms with Gasteiger partial charge in [-0.1, -0.05) is 0 Å². The number of pyridine rings is 1. The maximum absolute atomic E-state index is 5.66. The number of fused-ring (bicyclic) bond motifs is 1. The quantitative estimate of drug-likeness (QED) is 0.653.